The molecule has 0 aromatic heterocycles. The van der Waals surface area contributed by atoms with Crippen LogP contribution in [0.25, 0.3) is 0 Å². The molecule has 0 heterocycles. The van der Waals surface area contributed by atoms with Gasteiger partial charge >= 0.3 is 48.8 Å². The molecule has 1 rings (SSSR count). The second kappa shape index (κ2) is 10.4. The fourth-order valence-electron chi connectivity index (χ4n) is 1.96. The molecule has 1 aromatic rings. The molecule has 0 aliphatic carbocycles. The number of aliphatic hydroxyl groups excluding tert-OH is 1. The van der Waals surface area contributed by atoms with E-state index in [-0.39, 0.29) is 0 Å². The van der Waals surface area contributed by atoms with Gasteiger partial charge in [0.05, 0.1) is 6.61 Å². The van der Waals surface area contributed by atoms with Gasteiger partial charge in [0.1, 0.15) is 6.61 Å². The Bertz CT molecular complexity index is 902. The van der Waals surface area contributed by atoms with E-state index in [1.54, 1.807) is 0 Å². The zero-order valence-electron chi connectivity index (χ0n) is 16.9. The van der Waals surface area contributed by atoms with Crippen molar-refractivity contribution in [2.75, 3.05) is 13.2 Å². The molecule has 5 nitrogen and oxygen atoms in total. The number of halogens is 16. The van der Waals surface area contributed by atoms with Crippen LogP contribution in [0, 0.1) is 0 Å². The lowest BCUT2D eigenvalue weighted by atomic mass is 10.2. The maximum Gasteiger partial charge on any atom is 0.462 e. The van der Waals surface area contributed by atoms with Crippen molar-refractivity contribution < 1.29 is 94.3 Å². The molecular formula is C16H10F16O5. The maximum atomic E-state index is 14.0. The van der Waals surface area contributed by atoms with Crippen molar-refractivity contribution in [2.45, 2.75) is 48.8 Å². The van der Waals surface area contributed by atoms with Crippen LogP contribution >= 0.6 is 0 Å². The van der Waals surface area contributed by atoms with Crippen LogP contribution in [0.4, 0.5) is 70.2 Å². The van der Waals surface area contributed by atoms with E-state index in [0.29, 0.717) is 6.07 Å². The summed E-state index contributed by atoms with van der Waals surface area (Å²) in [6.07, 6.45) is -41.7. The number of hydrogen-bond donors (Lipinski definition) is 1. The maximum absolute atomic E-state index is 14.0. The summed E-state index contributed by atoms with van der Waals surface area (Å²) in [5, 5.41) is 8.60. The predicted molar refractivity (Wildman–Crippen MR) is 82.5 cm³/mol. The lowest BCUT2D eigenvalue weighted by Gasteiger charge is -2.38. The average Bonchev–Trinajstić information content (AvgIpc) is 2.70. The summed E-state index contributed by atoms with van der Waals surface area (Å²) in [5.74, 6) is -17.6. The third-order valence-corrected chi connectivity index (χ3v) is 3.69. The molecule has 216 valence electrons. The van der Waals surface area contributed by atoms with Gasteiger partial charge in [0, 0.05) is 0 Å². The lowest BCUT2D eigenvalue weighted by Crippen LogP contribution is -2.66. The highest BCUT2D eigenvalue weighted by Crippen LogP contribution is 2.55. The van der Waals surface area contributed by atoms with Gasteiger partial charge in [0.2, 0.25) is 0 Å². The molecule has 0 fully saturated rings. The molecule has 0 amide bonds. The van der Waals surface area contributed by atoms with Crippen LogP contribution in [-0.2, 0) is 9.47 Å². The number of para-hydroxylation sites is 2. The molecule has 0 saturated heterocycles. The van der Waals surface area contributed by atoms with E-state index < -0.39 is 73.5 Å². The van der Waals surface area contributed by atoms with E-state index in [0.717, 1.165) is 18.2 Å². The van der Waals surface area contributed by atoms with Crippen molar-refractivity contribution in [3.05, 3.63) is 24.3 Å². The zero-order valence-corrected chi connectivity index (χ0v) is 16.9. The highest BCUT2D eigenvalue weighted by molar-refractivity contribution is 5.39. The van der Waals surface area contributed by atoms with Gasteiger partial charge in [-0.05, 0) is 12.1 Å². The van der Waals surface area contributed by atoms with Gasteiger partial charge in [0.25, 0.3) is 0 Å². The largest absolute Gasteiger partial charge is 0.487 e. The molecule has 1 N–H and O–H groups in total. The van der Waals surface area contributed by atoms with Gasteiger partial charge in [-0.2, -0.15) is 65.9 Å². The van der Waals surface area contributed by atoms with Crippen LogP contribution in [0.3, 0.4) is 0 Å². The predicted octanol–water partition coefficient (Wildman–Crippen LogP) is 5.97. The normalized spacial score (nSPS) is 16.8. The molecule has 0 saturated carbocycles. The quantitative estimate of drug-likeness (QED) is 0.306. The summed E-state index contributed by atoms with van der Waals surface area (Å²) in [6.45, 7) is -1.39. The first kappa shape index (κ1) is 32.6. The first-order valence-corrected chi connectivity index (χ1v) is 8.73. The minimum absolute atomic E-state index is 0.504. The summed E-state index contributed by atoms with van der Waals surface area (Å²) in [6, 6.07) is 3.19. The summed E-state index contributed by atoms with van der Waals surface area (Å²) in [4.78, 5) is 0. The van der Waals surface area contributed by atoms with Gasteiger partial charge < -0.3 is 14.6 Å². The molecule has 37 heavy (non-hydrogen) atoms. The minimum Gasteiger partial charge on any atom is -0.487 e. The second-order valence-electron chi connectivity index (χ2n) is 6.42. The summed E-state index contributed by atoms with van der Waals surface area (Å²) < 4.78 is 221. The van der Waals surface area contributed by atoms with E-state index in [1.807, 2.05) is 0 Å². The first-order valence-electron chi connectivity index (χ1n) is 8.73. The fraction of sp³-hybridized carbons (Fsp3) is 0.625. The van der Waals surface area contributed by atoms with Crippen molar-refractivity contribution in [1.82, 2.24) is 0 Å². The first-order chi connectivity index (χ1) is 16.4. The molecule has 2 unspecified atom stereocenters. The molecule has 0 aliphatic rings. The molecule has 0 aliphatic heterocycles. The lowest BCUT2D eigenvalue weighted by molar-refractivity contribution is -0.543. The third-order valence-electron chi connectivity index (χ3n) is 3.69. The molecule has 0 radical (unpaired) electrons. The Morgan fingerprint density at radius 2 is 1.19 bits per heavy atom. The van der Waals surface area contributed by atoms with Crippen LogP contribution < -0.4 is 9.47 Å². The average molecular weight is 586 g/mol. The Balaban J connectivity index is 3.34. The smallest absolute Gasteiger partial charge is 0.462 e. The van der Waals surface area contributed by atoms with Gasteiger partial charge in [-0.15, -0.1) is 0 Å². The number of aliphatic hydroxyl groups is 1. The van der Waals surface area contributed by atoms with E-state index in [9.17, 15) is 70.2 Å². The van der Waals surface area contributed by atoms with Crippen LogP contribution in [0.5, 0.6) is 11.5 Å². The third kappa shape index (κ3) is 6.72. The minimum atomic E-state index is -7.78. The summed E-state index contributed by atoms with van der Waals surface area (Å²) in [7, 11) is 0. The number of hydrogen-bond acceptors (Lipinski definition) is 5. The fourth-order valence-corrected chi connectivity index (χ4v) is 1.96. The van der Waals surface area contributed by atoms with Crippen molar-refractivity contribution in [3.8, 4) is 11.5 Å². The van der Waals surface area contributed by atoms with Gasteiger partial charge in [-0.3, -0.25) is 9.47 Å². The Morgan fingerprint density at radius 3 is 1.62 bits per heavy atom. The Hall–Kier alpha value is -2.42. The summed E-state index contributed by atoms with van der Waals surface area (Å²) >= 11 is 0. The molecule has 2 atom stereocenters. The number of benzene rings is 1. The van der Waals surface area contributed by atoms with Crippen molar-refractivity contribution >= 4 is 0 Å². The zero-order chi connectivity index (χ0) is 29.3. The van der Waals surface area contributed by atoms with Crippen LogP contribution in [0.1, 0.15) is 0 Å². The molecule has 21 heteroatoms. The van der Waals surface area contributed by atoms with E-state index in [1.165, 1.54) is 4.74 Å². The highest BCUT2D eigenvalue weighted by Gasteiger charge is 2.84. The van der Waals surface area contributed by atoms with Crippen LogP contribution in [-0.4, -0.2) is 67.1 Å². The molecule has 0 spiro atoms. The number of rotatable bonds is 12. The van der Waals surface area contributed by atoms with Crippen molar-refractivity contribution in [2.24, 2.45) is 0 Å². The second-order valence-corrected chi connectivity index (χ2v) is 6.42. The SMILES string of the molecule is OCCOc1ccccc1OC(F)(F)C(F)OC(F)(F)C(F)(OC(F)(F)C(F)(F)C(F)(F)F)C(F)(F)F. The van der Waals surface area contributed by atoms with E-state index in [2.05, 4.69) is 14.2 Å². The van der Waals surface area contributed by atoms with Gasteiger partial charge in [-0.25, -0.2) is 4.39 Å². The Morgan fingerprint density at radius 1 is 0.703 bits per heavy atom. The number of ether oxygens (including phenoxy) is 4. The van der Waals surface area contributed by atoms with Crippen molar-refractivity contribution in [3.63, 3.8) is 0 Å². The van der Waals surface area contributed by atoms with Crippen molar-refractivity contribution in [1.29, 1.82) is 0 Å². The topological polar surface area (TPSA) is 57.2 Å². The van der Waals surface area contributed by atoms with Crippen LogP contribution in [0.2, 0.25) is 0 Å². The number of alkyl halides is 16. The monoisotopic (exact) mass is 586 g/mol. The highest BCUT2D eigenvalue weighted by atomic mass is 19.4. The van der Waals surface area contributed by atoms with E-state index >= 15 is 0 Å². The molecule has 1 aromatic carbocycles. The molecule has 0 bridgehead atoms. The Labute approximate surface area is 193 Å². The summed E-state index contributed by atoms with van der Waals surface area (Å²) in [5.41, 5.74) is 0. The standard InChI is InChI=1S/C16H10F16O5/c17-9(10(18,19)35-8-4-2-1-3-7(8)34-6-5-33)36-16(31,32)12(22,14(26,27)28)37-15(29,30)11(20,21)13(23,24)25/h1-4,9,33H,5-6H2. The van der Waals surface area contributed by atoms with Crippen LogP contribution in [0.15, 0.2) is 24.3 Å². The van der Waals surface area contributed by atoms with E-state index in [4.69, 9.17) is 5.11 Å². The molecular weight excluding hydrogens is 576 g/mol. The Kier molecular flexibility index (Phi) is 9.15. The van der Waals surface area contributed by atoms with Gasteiger partial charge in [-0.1, -0.05) is 12.1 Å². The van der Waals surface area contributed by atoms with Gasteiger partial charge in [0.15, 0.2) is 11.5 Å².